The van der Waals surface area contributed by atoms with Crippen molar-refractivity contribution in [3.63, 3.8) is 0 Å². The van der Waals surface area contributed by atoms with Gasteiger partial charge in [-0.2, -0.15) is 10.2 Å². The quantitative estimate of drug-likeness (QED) is 0.514. The maximum Gasteiger partial charge on any atom is 0.258 e. The third-order valence-corrected chi connectivity index (χ3v) is 6.03. The van der Waals surface area contributed by atoms with E-state index >= 15 is 0 Å². The van der Waals surface area contributed by atoms with Gasteiger partial charge in [0.15, 0.2) is 11.5 Å². The molecule has 0 aliphatic carbocycles. The Hall–Kier alpha value is -4.52. The minimum atomic E-state index is -1.11. The number of H-pyrrole nitrogens is 1. The Morgan fingerprint density at radius 2 is 1.97 bits per heavy atom. The summed E-state index contributed by atoms with van der Waals surface area (Å²) in [6.45, 7) is 1.37. The van der Waals surface area contributed by atoms with Gasteiger partial charge in [-0.05, 0) is 23.8 Å². The Kier molecular flexibility index (Phi) is 5.97. The van der Waals surface area contributed by atoms with E-state index in [9.17, 15) is 14.9 Å². The molecule has 178 valence electrons. The van der Waals surface area contributed by atoms with Crippen LogP contribution in [0.1, 0.15) is 29.0 Å². The zero-order valence-corrected chi connectivity index (χ0v) is 19.0. The summed E-state index contributed by atoms with van der Waals surface area (Å²) in [5.41, 5.74) is 1.23. The molecule has 2 unspecified atom stereocenters. The number of fused-ring (bicyclic) bond motifs is 2. The number of benzene rings is 2. The Morgan fingerprint density at radius 3 is 2.77 bits per heavy atom. The molecule has 2 aromatic carbocycles. The van der Waals surface area contributed by atoms with Gasteiger partial charge < -0.3 is 24.8 Å². The fourth-order valence-electron chi connectivity index (χ4n) is 4.36. The first-order chi connectivity index (χ1) is 17.1. The van der Waals surface area contributed by atoms with Crippen LogP contribution in [-0.2, 0) is 11.3 Å². The van der Waals surface area contributed by atoms with Crippen molar-refractivity contribution in [3.05, 3.63) is 69.5 Å². The van der Waals surface area contributed by atoms with Gasteiger partial charge >= 0.3 is 0 Å². The minimum Gasteiger partial charge on any atom is -0.496 e. The molecule has 3 aromatic rings. The van der Waals surface area contributed by atoms with Crippen molar-refractivity contribution in [2.75, 3.05) is 31.0 Å². The number of ether oxygens (including phenoxy) is 3. The minimum absolute atomic E-state index is 0.116. The van der Waals surface area contributed by atoms with Gasteiger partial charge in [0.25, 0.3) is 5.56 Å². The Balaban J connectivity index is 1.51. The molecular formula is C25H23N5O5. The number of methoxy groups -OCH3 is 1. The molecule has 10 heteroatoms. The summed E-state index contributed by atoms with van der Waals surface area (Å²) in [7, 11) is 1.58. The Labute approximate surface area is 200 Å². The highest BCUT2D eigenvalue weighted by molar-refractivity contribution is 5.98. The topological polar surface area (TPSA) is 138 Å². The molecule has 0 spiro atoms. The largest absolute Gasteiger partial charge is 0.496 e. The average molecular weight is 473 g/mol. The monoisotopic (exact) mass is 473 g/mol. The van der Waals surface area contributed by atoms with Crippen molar-refractivity contribution in [2.45, 2.75) is 18.9 Å². The summed E-state index contributed by atoms with van der Waals surface area (Å²) in [5.74, 6) is -0.349. The van der Waals surface area contributed by atoms with Crippen LogP contribution in [0, 0.1) is 17.2 Å². The van der Waals surface area contributed by atoms with E-state index in [1.165, 1.54) is 0 Å². The van der Waals surface area contributed by atoms with E-state index < -0.39 is 23.3 Å². The SMILES string of the molecule is COc1ccccc1CNc1nc2c(c(=O)[nH]1)C(c1ccc3c(c1)OCCCO3)C(C#N)C(=O)N2. The molecule has 0 fully saturated rings. The van der Waals surface area contributed by atoms with Gasteiger partial charge in [-0.25, -0.2) is 0 Å². The van der Waals surface area contributed by atoms with Crippen LogP contribution in [0.4, 0.5) is 11.8 Å². The van der Waals surface area contributed by atoms with Gasteiger partial charge in [-0.1, -0.05) is 24.3 Å². The predicted molar refractivity (Wildman–Crippen MR) is 127 cm³/mol. The van der Waals surface area contributed by atoms with Gasteiger partial charge in [-0.3, -0.25) is 14.6 Å². The van der Waals surface area contributed by atoms with Crippen LogP contribution in [0.5, 0.6) is 17.2 Å². The molecule has 1 aromatic heterocycles. The number of carbonyl (C=O) groups is 1. The molecule has 2 aliphatic heterocycles. The second kappa shape index (κ2) is 9.38. The molecular weight excluding hydrogens is 450 g/mol. The zero-order valence-electron chi connectivity index (χ0n) is 19.0. The first-order valence-corrected chi connectivity index (χ1v) is 11.2. The van der Waals surface area contributed by atoms with Crippen molar-refractivity contribution < 1.29 is 19.0 Å². The lowest BCUT2D eigenvalue weighted by atomic mass is 9.79. The summed E-state index contributed by atoms with van der Waals surface area (Å²) in [6.07, 6.45) is 0.744. The fraction of sp³-hybridized carbons (Fsp3) is 0.280. The fourth-order valence-corrected chi connectivity index (χ4v) is 4.36. The number of rotatable bonds is 5. The summed E-state index contributed by atoms with van der Waals surface area (Å²) in [5, 5.41) is 15.5. The first kappa shape index (κ1) is 22.3. The van der Waals surface area contributed by atoms with Crippen LogP contribution in [0.15, 0.2) is 47.3 Å². The third-order valence-electron chi connectivity index (χ3n) is 6.03. The van der Waals surface area contributed by atoms with E-state index in [1.54, 1.807) is 25.3 Å². The maximum atomic E-state index is 13.2. The number of hydrogen-bond donors (Lipinski definition) is 3. The van der Waals surface area contributed by atoms with E-state index in [4.69, 9.17) is 14.2 Å². The van der Waals surface area contributed by atoms with E-state index in [2.05, 4.69) is 20.6 Å². The van der Waals surface area contributed by atoms with E-state index in [0.717, 1.165) is 12.0 Å². The number of amides is 1. The second-order valence-electron chi connectivity index (χ2n) is 8.17. The highest BCUT2D eigenvalue weighted by atomic mass is 16.5. The Morgan fingerprint density at radius 1 is 1.17 bits per heavy atom. The smallest absolute Gasteiger partial charge is 0.258 e. The highest BCUT2D eigenvalue weighted by Crippen LogP contribution is 2.41. The van der Waals surface area contributed by atoms with Crippen LogP contribution in [0.2, 0.25) is 0 Å². The lowest BCUT2D eigenvalue weighted by Crippen LogP contribution is -2.38. The summed E-state index contributed by atoms with van der Waals surface area (Å²) < 4.78 is 16.8. The summed E-state index contributed by atoms with van der Waals surface area (Å²) >= 11 is 0. The predicted octanol–water partition coefficient (Wildman–Crippen LogP) is 2.78. The van der Waals surface area contributed by atoms with Crippen molar-refractivity contribution >= 4 is 17.7 Å². The number of aromatic nitrogens is 2. The average Bonchev–Trinajstić information content (AvgIpc) is 3.11. The highest BCUT2D eigenvalue weighted by Gasteiger charge is 2.40. The van der Waals surface area contributed by atoms with Gasteiger partial charge in [0.1, 0.15) is 17.5 Å². The lowest BCUT2D eigenvalue weighted by Gasteiger charge is -2.28. The van der Waals surface area contributed by atoms with Crippen LogP contribution < -0.4 is 30.4 Å². The number of nitrogens with one attached hydrogen (secondary N) is 3. The standard InChI is InChI=1S/C25H23N5O5/c1-33-17-6-3-2-5-15(17)13-27-25-29-22-21(24(32)30-25)20(16(12-26)23(31)28-22)14-7-8-18-19(11-14)35-10-4-9-34-18/h2-3,5-8,11,16,20H,4,9-10,13H2,1H3,(H3,27,28,29,30,31,32). The molecule has 10 nitrogen and oxygen atoms in total. The number of hydrogen-bond acceptors (Lipinski definition) is 8. The zero-order chi connectivity index (χ0) is 24.4. The lowest BCUT2D eigenvalue weighted by molar-refractivity contribution is -0.119. The molecule has 3 N–H and O–H groups in total. The molecule has 3 heterocycles. The maximum absolute atomic E-state index is 13.2. The Bertz CT molecular complexity index is 1380. The number of aromatic amines is 1. The van der Waals surface area contributed by atoms with Crippen molar-refractivity contribution in [2.24, 2.45) is 5.92 Å². The van der Waals surface area contributed by atoms with Crippen LogP contribution >= 0.6 is 0 Å². The van der Waals surface area contributed by atoms with Crippen molar-refractivity contribution in [1.29, 1.82) is 5.26 Å². The molecule has 0 bridgehead atoms. The number of nitrogens with zero attached hydrogens (tertiary/aromatic N) is 2. The third kappa shape index (κ3) is 4.24. The molecule has 0 saturated carbocycles. The van der Waals surface area contributed by atoms with Crippen LogP contribution in [0.3, 0.4) is 0 Å². The van der Waals surface area contributed by atoms with Gasteiger partial charge in [0, 0.05) is 24.4 Å². The number of anilines is 2. The first-order valence-electron chi connectivity index (χ1n) is 11.2. The summed E-state index contributed by atoms with van der Waals surface area (Å²) in [4.78, 5) is 33.2. The summed E-state index contributed by atoms with van der Waals surface area (Å²) in [6, 6.07) is 14.7. The molecule has 0 saturated heterocycles. The molecule has 2 atom stereocenters. The van der Waals surface area contributed by atoms with Crippen LogP contribution in [-0.4, -0.2) is 36.2 Å². The van der Waals surface area contributed by atoms with Crippen molar-refractivity contribution in [3.8, 4) is 23.3 Å². The molecule has 0 radical (unpaired) electrons. The van der Waals surface area contributed by atoms with E-state index in [0.29, 0.717) is 42.6 Å². The van der Waals surface area contributed by atoms with Gasteiger partial charge in [0.2, 0.25) is 11.9 Å². The molecule has 35 heavy (non-hydrogen) atoms. The van der Waals surface area contributed by atoms with Gasteiger partial charge in [0.05, 0.1) is 32.0 Å². The molecule has 5 rings (SSSR count). The second-order valence-corrected chi connectivity index (χ2v) is 8.17. The van der Waals surface area contributed by atoms with Crippen molar-refractivity contribution in [1.82, 2.24) is 9.97 Å². The molecule has 2 aliphatic rings. The van der Waals surface area contributed by atoms with E-state index in [-0.39, 0.29) is 17.3 Å². The van der Waals surface area contributed by atoms with E-state index in [1.807, 2.05) is 30.3 Å². The number of nitriles is 1. The number of carbonyl (C=O) groups excluding carboxylic acids is 1. The molecule has 1 amide bonds. The van der Waals surface area contributed by atoms with Gasteiger partial charge in [-0.15, -0.1) is 0 Å². The normalized spacial score (nSPS) is 18.5. The van der Waals surface area contributed by atoms with Crippen LogP contribution in [0.25, 0.3) is 0 Å². The number of para-hydroxylation sites is 1.